The number of aliphatic hydroxyl groups excluding tert-OH is 1. The van der Waals surface area contributed by atoms with Crippen molar-refractivity contribution in [1.29, 1.82) is 0 Å². The molecule has 0 unspecified atom stereocenters. The summed E-state index contributed by atoms with van der Waals surface area (Å²) in [7, 11) is 1.56. The first-order chi connectivity index (χ1) is 9.60. The van der Waals surface area contributed by atoms with Crippen LogP contribution in [0.3, 0.4) is 0 Å². The first kappa shape index (κ1) is 14.2. The van der Waals surface area contributed by atoms with Gasteiger partial charge in [-0.2, -0.15) is 0 Å². The number of aromatic hydroxyl groups is 1. The molecule has 0 bridgehead atoms. The predicted octanol–water partition coefficient (Wildman–Crippen LogP) is 3.03. The number of hydrogen-bond donors (Lipinski definition) is 2. The van der Waals surface area contributed by atoms with Crippen LogP contribution in [0, 0.1) is 0 Å². The van der Waals surface area contributed by atoms with E-state index in [0.717, 1.165) is 11.1 Å². The van der Waals surface area contributed by atoms with E-state index in [9.17, 15) is 10.2 Å². The lowest BCUT2D eigenvalue weighted by molar-refractivity contribution is 0.198. The number of benzene rings is 2. The summed E-state index contributed by atoms with van der Waals surface area (Å²) in [6, 6.07) is 12.2. The molecule has 2 rings (SSSR count). The Morgan fingerprint density at radius 3 is 2.35 bits per heavy atom. The number of ether oxygens (including phenoxy) is 2. The Bertz CT molecular complexity index is 561. The van der Waals surface area contributed by atoms with E-state index in [-0.39, 0.29) is 5.75 Å². The molecule has 106 valence electrons. The third kappa shape index (κ3) is 3.42. The van der Waals surface area contributed by atoms with E-state index in [0.29, 0.717) is 18.1 Å². The summed E-state index contributed by atoms with van der Waals surface area (Å²) in [5, 5.41) is 18.8. The van der Waals surface area contributed by atoms with Crippen LogP contribution in [0.5, 0.6) is 17.2 Å². The van der Waals surface area contributed by atoms with Crippen molar-refractivity contribution in [3.8, 4) is 17.2 Å². The van der Waals surface area contributed by atoms with Gasteiger partial charge in [-0.15, -0.1) is 0 Å². The minimum Gasteiger partial charge on any atom is -0.508 e. The van der Waals surface area contributed by atoms with Crippen molar-refractivity contribution in [2.75, 3.05) is 7.11 Å². The van der Waals surface area contributed by atoms with Crippen LogP contribution >= 0.6 is 0 Å². The smallest absolute Gasteiger partial charge is 0.161 e. The van der Waals surface area contributed by atoms with Crippen LogP contribution in [0.2, 0.25) is 0 Å². The van der Waals surface area contributed by atoms with Crippen molar-refractivity contribution in [1.82, 2.24) is 0 Å². The molecule has 4 heteroatoms. The van der Waals surface area contributed by atoms with Gasteiger partial charge < -0.3 is 19.7 Å². The maximum Gasteiger partial charge on any atom is 0.161 e. The monoisotopic (exact) mass is 274 g/mol. The molecule has 2 N–H and O–H groups in total. The van der Waals surface area contributed by atoms with E-state index in [1.54, 1.807) is 56.5 Å². The van der Waals surface area contributed by atoms with Crippen LogP contribution in [-0.2, 0) is 6.61 Å². The van der Waals surface area contributed by atoms with Crippen molar-refractivity contribution in [2.45, 2.75) is 19.6 Å². The average Bonchev–Trinajstić information content (AvgIpc) is 2.46. The molecular formula is C16H18O4. The van der Waals surface area contributed by atoms with Crippen molar-refractivity contribution < 1.29 is 19.7 Å². The Labute approximate surface area is 118 Å². The summed E-state index contributed by atoms with van der Waals surface area (Å²) >= 11 is 0. The third-order valence-corrected chi connectivity index (χ3v) is 3.00. The van der Waals surface area contributed by atoms with E-state index < -0.39 is 6.10 Å². The van der Waals surface area contributed by atoms with Gasteiger partial charge in [0.15, 0.2) is 11.5 Å². The summed E-state index contributed by atoms with van der Waals surface area (Å²) < 4.78 is 11.0. The number of phenols is 1. The van der Waals surface area contributed by atoms with Gasteiger partial charge in [-0.25, -0.2) is 0 Å². The van der Waals surface area contributed by atoms with Gasteiger partial charge in [0, 0.05) is 0 Å². The summed E-state index contributed by atoms with van der Waals surface area (Å²) in [5.74, 6) is 1.43. The summed E-state index contributed by atoms with van der Waals surface area (Å²) in [4.78, 5) is 0. The molecule has 0 spiro atoms. The molecule has 0 aliphatic heterocycles. The first-order valence-corrected chi connectivity index (χ1v) is 6.37. The fourth-order valence-electron chi connectivity index (χ4n) is 1.82. The molecule has 0 saturated heterocycles. The highest BCUT2D eigenvalue weighted by molar-refractivity contribution is 5.43. The van der Waals surface area contributed by atoms with Gasteiger partial charge in [0.2, 0.25) is 0 Å². The fraction of sp³-hybridized carbons (Fsp3) is 0.250. The number of methoxy groups -OCH3 is 1. The summed E-state index contributed by atoms with van der Waals surface area (Å²) in [6.45, 7) is 2.08. The molecule has 0 amide bonds. The predicted molar refractivity (Wildman–Crippen MR) is 76.1 cm³/mol. The molecule has 0 aliphatic rings. The molecule has 1 atom stereocenters. The Morgan fingerprint density at radius 1 is 1.05 bits per heavy atom. The van der Waals surface area contributed by atoms with Crippen LogP contribution in [-0.4, -0.2) is 17.3 Å². The lowest BCUT2D eigenvalue weighted by Gasteiger charge is -2.13. The third-order valence-electron chi connectivity index (χ3n) is 3.00. The Balaban J connectivity index is 2.10. The quantitative estimate of drug-likeness (QED) is 0.880. The van der Waals surface area contributed by atoms with Gasteiger partial charge >= 0.3 is 0 Å². The largest absolute Gasteiger partial charge is 0.508 e. The number of aliphatic hydroxyl groups is 1. The highest BCUT2D eigenvalue weighted by atomic mass is 16.5. The Hall–Kier alpha value is -2.20. The minimum atomic E-state index is -0.546. The molecule has 20 heavy (non-hydrogen) atoms. The van der Waals surface area contributed by atoms with Crippen LogP contribution in [0.4, 0.5) is 0 Å². The van der Waals surface area contributed by atoms with E-state index >= 15 is 0 Å². The van der Waals surface area contributed by atoms with E-state index in [1.165, 1.54) is 0 Å². The maximum atomic E-state index is 9.55. The van der Waals surface area contributed by atoms with Gasteiger partial charge in [0.1, 0.15) is 12.4 Å². The number of phenolic OH excluding ortho intramolecular Hbond substituents is 1. The minimum absolute atomic E-state index is 0.229. The molecule has 0 radical (unpaired) electrons. The SMILES string of the molecule is COc1cc([C@H](C)O)ccc1OCc1ccc(O)cc1. The standard InChI is InChI=1S/C16H18O4/c1-11(17)13-5-8-15(16(9-13)19-2)20-10-12-3-6-14(18)7-4-12/h3-9,11,17-18H,10H2,1-2H3/t11-/m0/s1. The van der Waals surface area contributed by atoms with Gasteiger partial charge in [-0.3, -0.25) is 0 Å². The number of rotatable bonds is 5. The molecule has 2 aromatic carbocycles. The lowest BCUT2D eigenvalue weighted by atomic mass is 10.1. The van der Waals surface area contributed by atoms with E-state index in [2.05, 4.69) is 0 Å². The van der Waals surface area contributed by atoms with E-state index in [1.807, 2.05) is 0 Å². The van der Waals surface area contributed by atoms with Gasteiger partial charge in [0.25, 0.3) is 0 Å². The zero-order valence-electron chi connectivity index (χ0n) is 11.5. The topological polar surface area (TPSA) is 58.9 Å². The van der Waals surface area contributed by atoms with Gasteiger partial charge in [-0.05, 0) is 42.3 Å². The average molecular weight is 274 g/mol. The Kier molecular flexibility index (Phi) is 4.48. The first-order valence-electron chi connectivity index (χ1n) is 6.37. The second-order valence-electron chi connectivity index (χ2n) is 4.54. The molecule has 0 aliphatic carbocycles. The number of hydrogen-bond acceptors (Lipinski definition) is 4. The summed E-state index contributed by atoms with van der Waals surface area (Å²) in [6.07, 6.45) is -0.546. The van der Waals surface area contributed by atoms with Gasteiger partial charge in [-0.1, -0.05) is 18.2 Å². The van der Waals surface area contributed by atoms with Crippen molar-refractivity contribution in [3.05, 3.63) is 53.6 Å². The second-order valence-corrected chi connectivity index (χ2v) is 4.54. The van der Waals surface area contributed by atoms with Crippen molar-refractivity contribution in [2.24, 2.45) is 0 Å². The van der Waals surface area contributed by atoms with Crippen molar-refractivity contribution in [3.63, 3.8) is 0 Å². The normalized spacial score (nSPS) is 11.9. The molecule has 0 saturated carbocycles. The Morgan fingerprint density at radius 2 is 1.75 bits per heavy atom. The van der Waals surface area contributed by atoms with E-state index in [4.69, 9.17) is 9.47 Å². The second kappa shape index (κ2) is 6.30. The zero-order valence-corrected chi connectivity index (χ0v) is 11.5. The van der Waals surface area contributed by atoms with Crippen LogP contribution in [0.15, 0.2) is 42.5 Å². The van der Waals surface area contributed by atoms with Crippen molar-refractivity contribution >= 4 is 0 Å². The molecule has 0 heterocycles. The highest BCUT2D eigenvalue weighted by Crippen LogP contribution is 2.30. The molecule has 2 aromatic rings. The van der Waals surface area contributed by atoms with Crippen LogP contribution < -0.4 is 9.47 Å². The molecule has 0 aromatic heterocycles. The van der Waals surface area contributed by atoms with Crippen LogP contribution in [0.25, 0.3) is 0 Å². The molecular weight excluding hydrogens is 256 g/mol. The lowest BCUT2D eigenvalue weighted by Crippen LogP contribution is -1.99. The zero-order chi connectivity index (χ0) is 14.5. The fourth-order valence-corrected chi connectivity index (χ4v) is 1.82. The summed E-state index contributed by atoms with van der Waals surface area (Å²) in [5.41, 5.74) is 1.73. The van der Waals surface area contributed by atoms with Crippen LogP contribution in [0.1, 0.15) is 24.2 Å². The molecule has 4 nitrogen and oxygen atoms in total. The molecule has 0 fully saturated rings. The highest BCUT2D eigenvalue weighted by Gasteiger charge is 2.09. The van der Waals surface area contributed by atoms with Gasteiger partial charge in [0.05, 0.1) is 13.2 Å². The maximum absolute atomic E-state index is 9.55.